The second-order valence-electron chi connectivity index (χ2n) is 10.3. The number of aliphatic hydroxyl groups is 1. The van der Waals surface area contributed by atoms with Crippen molar-refractivity contribution in [3.63, 3.8) is 0 Å². The Hall–Kier alpha value is -3.22. The standard InChI is InChI=1S/C26H44N6O6/c1-7-28-25(37)38-15-17-10-12-18(13-11-17)30-21(33)19(9-8-14-29-24(27)36)31-22(34)20(16(2)3)32-23(35)26(4,5)6/h10-13,16,19-20,24,29,36H,7-9,14-15,27H2,1-6H3,(H,28,37)(H,30,33)(H,31,34)(H,32,35). The summed E-state index contributed by atoms with van der Waals surface area (Å²) < 4.78 is 5.09. The highest BCUT2D eigenvalue weighted by Crippen LogP contribution is 2.15. The number of anilines is 1. The number of carbonyl (C=O) groups is 4. The second kappa shape index (κ2) is 15.9. The highest BCUT2D eigenvalue weighted by atomic mass is 16.5. The Morgan fingerprint density at radius 3 is 2.18 bits per heavy atom. The number of nitrogens with one attached hydrogen (secondary N) is 5. The maximum absolute atomic E-state index is 13.1. The van der Waals surface area contributed by atoms with Crippen molar-refractivity contribution in [1.82, 2.24) is 21.3 Å². The molecule has 0 saturated heterocycles. The molecule has 38 heavy (non-hydrogen) atoms. The van der Waals surface area contributed by atoms with E-state index in [-0.39, 0.29) is 24.9 Å². The summed E-state index contributed by atoms with van der Waals surface area (Å²) in [4.78, 5) is 50.3. The number of alkyl carbamates (subject to hydrolysis) is 1. The van der Waals surface area contributed by atoms with Crippen molar-refractivity contribution in [3.05, 3.63) is 29.8 Å². The molecule has 12 heteroatoms. The molecule has 1 aromatic rings. The number of ether oxygens (including phenoxy) is 1. The van der Waals surface area contributed by atoms with Crippen LogP contribution in [0.3, 0.4) is 0 Å². The molecule has 4 amide bonds. The van der Waals surface area contributed by atoms with Crippen molar-refractivity contribution in [2.75, 3.05) is 18.4 Å². The van der Waals surface area contributed by atoms with E-state index in [2.05, 4.69) is 26.6 Å². The zero-order valence-corrected chi connectivity index (χ0v) is 23.2. The molecule has 0 fully saturated rings. The maximum atomic E-state index is 13.1. The summed E-state index contributed by atoms with van der Waals surface area (Å²) in [5, 5.41) is 22.7. The molecule has 0 aromatic heterocycles. The van der Waals surface area contributed by atoms with Crippen LogP contribution in [-0.2, 0) is 25.7 Å². The summed E-state index contributed by atoms with van der Waals surface area (Å²) in [5.74, 6) is -1.40. The fourth-order valence-electron chi connectivity index (χ4n) is 3.24. The number of aliphatic hydroxyl groups excluding tert-OH is 1. The van der Waals surface area contributed by atoms with Crippen LogP contribution in [0.15, 0.2) is 24.3 Å². The van der Waals surface area contributed by atoms with Crippen molar-refractivity contribution in [1.29, 1.82) is 0 Å². The van der Waals surface area contributed by atoms with Gasteiger partial charge in [0, 0.05) is 17.6 Å². The van der Waals surface area contributed by atoms with Crippen molar-refractivity contribution in [2.45, 2.75) is 79.4 Å². The number of nitrogens with two attached hydrogens (primary N) is 1. The van der Waals surface area contributed by atoms with Gasteiger partial charge in [0.2, 0.25) is 17.7 Å². The fraction of sp³-hybridized carbons (Fsp3) is 0.615. The van der Waals surface area contributed by atoms with Gasteiger partial charge in [0.15, 0.2) is 6.35 Å². The van der Waals surface area contributed by atoms with Gasteiger partial charge in [0.05, 0.1) is 0 Å². The van der Waals surface area contributed by atoms with Gasteiger partial charge in [-0.15, -0.1) is 0 Å². The van der Waals surface area contributed by atoms with Crippen LogP contribution in [-0.4, -0.2) is 60.4 Å². The third-order valence-corrected chi connectivity index (χ3v) is 5.49. The topological polar surface area (TPSA) is 184 Å². The minimum Gasteiger partial charge on any atom is -0.445 e. The van der Waals surface area contributed by atoms with Crippen LogP contribution in [0, 0.1) is 11.3 Å². The second-order valence-corrected chi connectivity index (χ2v) is 10.3. The molecule has 214 valence electrons. The molecule has 3 unspecified atom stereocenters. The fourth-order valence-corrected chi connectivity index (χ4v) is 3.24. The summed E-state index contributed by atoms with van der Waals surface area (Å²) in [6.45, 7) is 11.5. The maximum Gasteiger partial charge on any atom is 0.407 e. The van der Waals surface area contributed by atoms with Crippen LogP contribution in [0.1, 0.15) is 59.9 Å². The first-order valence-electron chi connectivity index (χ1n) is 12.8. The van der Waals surface area contributed by atoms with Gasteiger partial charge in [-0.3, -0.25) is 25.4 Å². The molecule has 3 atom stereocenters. The van der Waals surface area contributed by atoms with E-state index in [1.807, 2.05) is 13.8 Å². The van der Waals surface area contributed by atoms with Gasteiger partial charge in [0.25, 0.3) is 0 Å². The lowest BCUT2D eigenvalue weighted by molar-refractivity contribution is -0.135. The average Bonchev–Trinajstić information content (AvgIpc) is 2.82. The minimum atomic E-state index is -1.19. The summed E-state index contributed by atoms with van der Waals surface area (Å²) in [6.07, 6.45) is -1.01. The van der Waals surface area contributed by atoms with Gasteiger partial charge in [-0.1, -0.05) is 46.8 Å². The Labute approximate surface area is 224 Å². The quantitative estimate of drug-likeness (QED) is 0.136. The molecule has 0 radical (unpaired) electrons. The Morgan fingerprint density at radius 2 is 1.66 bits per heavy atom. The van der Waals surface area contributed by atoms with E-state index in [0.29, 0.717) is 25.2 Å². The molecule has 0 aliphatic heterocycles. The minimum absolute atomic E-state index is 0.0790. The highest BCUT2D eigenvalue weighted by Gasteiger charge is 2.31. The number of amides is 4. The molecular weight excluding hydrogens is 492 g/mol. The Kier molecular flexibility index (Phi) is 13.7. The molecule has 0 heterocycles. The van der Waals surface area contributed by atoms with Crippen LogP contribution in [0.25, 0.3) is 0 Å². The van der Waals surface area contributed by atoms with E-state index in [1.165, 1.54) is 0 Å². The molecular formula is C26H44N6O6. The van der Waals surface area contributed by atoms with Gasteiger partial charge in [-0.25, -0.2) is 4.79 Å². The van der Waals surface area contributed by atoms with E-state index in [1.54, 1.807) is 52.0 Å². The van der Waals surface area contributed by atoms with E-state index < -0.39 is 41.8 Å². The van der Waals surface area contributed by atoms with Crippen LogP contribution in [0.2, 0.25) is 0 Å². The molecule has 0 spiro atoms. The van der Waals surface area contributed by atoms with Crippen molar-refractivity contribution >= 4 is 29.5 Å². The Balaban J connectivity index is 2.92. The Bertz CT molecular complexity index is 914. The monoisotopic (exact) mass is 536 g/mol. The molecule has 1 rings (SSSR count). The summed E-state index contributed by atoms with van der Waals surface area (Å²) >= 11 is 0. The van der Waals surface area contributed by atoms with Crippen LogP contribution in [0.5, 0.6) is 0 Å². The first-order valence-corrected chi connectivity index (χ1v) is 12.8. The number of benzene rings is 1. The van der Waals surface area contributed by atoms with Crippen molar-refractivity contribution in [3.8, 4) is 0 Å². The van der Waals surface area contributed by atoms with E-state index in [4.69, 9.17) is 10.5 Å². The molecule has 0 aliphatic carbocycles. The SMILES string of the molecule is CCNC(=O)OCc1ccc(NC(=O)C(CCCNC(N)O)NC(=O)C(NC(=O)C(C)(C)C)C(C)C)cc1. The van der Waals surface area contributed by atoms with Crippen LogP contribution in [0.4, 0.5) is 10.5 Å². The first kappa shape index (κ1) is 32.8. The molecule has 0 bridgehead atoms. The first-order chi connectivity index (χ1) is 17.7. The Morgan fingerprint density at radius 1 is 1.03 bits per heavy atom. The third-order valence-electron chi connectivity index (χ3n) is 5.49. The van der Waals surface area contributed by atoms with Gasteiger partial charge in [0.1, 0.15) is 18.7 Å². The number of hydrogen-bond donors (Lipinski definition) is 7. The number of hydrogen-bond acceptors (Lipinski definition) is 8. The zero-order chi connectivity index (χ0) is 28.9. The summed E-state index contributed by atoms with van der Waals surface area (Å²) in [6, 6.07) is 5.02. The highest BCUT2D eigenvalue weighted by molar-refractivity contribution is 5.98. The lowest BCUT2D eigenvalue weighted by atomic mass is 9.93. The zero-order valence-electron chi connectivity index (χ0n) is 23.2. The lowest BCUT2D eigenvalue weighted by Crippen LogP contribution is -2.56. The van der Waals surface area contributed by atoms with E-state index >= 15 is 0 Å². The van der Waals surface area contributed by atoms with Crippen LogP contribution >= 0.6 is 0 Å². The van der Waals surface area contributed by atoms with E-state index in [0.717, 1.165) is 5.56 Å². The summed E-state index contributed by atoms with van der Waals surface area (Å²) in [5.41, 5.74) is 5.84. The molecule has 8 N–H and O–H groups in total. The average molecular weight is 537 g/mol. The third kappa shape index (κ3) is 12.3. The largest absolute Gasteiger partial charge is 0.445 e. The smallest absolute Gasteiger partial charge is 0.407 e. The van der Waals surface area contributed by atoms with Crippen molar-refractivity contribution < 1.29 is 29.0 Å². The number of carbonyl (C=O) groups excluding carboxylic acids is 4. The molecule has 0 saturated carbocycles. The molecule has 1 aromatic carbocycles. The van der Waals surface area contributed by atoms with Gasteiger partial charge in [-0.05, 0) is 49.9 Å². The van der Waals surface area contributed by atoms with Crippen molar-refractivity contribution in [2.24, 2.45) is 17.1 Å². The lowest BCUT2D eigenvalue weighted by Gasteiger charge is -2.28. The van der Waals surface area contributed by atoms with Crippen LogP contribution < -0.4 is 32.3 Å². The van der Waals surface area contributed by atoms with Gasteiger partial charge in [-0.2, -0.15) is 0 Å². The van der Waals surface area contributed by atoms with E-state index in [9.17, 15) is 24.3 Å². The number of rotatable bonds is 14. The predicted octanol–water partition coefficient (Wildman–Crippen LogP) is 1.15. The predicted molar refractivity (Wildman–Crippen MR) is 145 cm³/mol. The normalized spacial score (nSPS) is 13.7. The molecule has 0 aliphatic rings. The van der Waals surface area contributed by atoms with Gasteiger partial charge >= 0.3 is 6.09 Å². The molecule has 12 nitrogen and oxygen atoms in total. The summed E-state index contributed by atoms with van der Waals surface area (Å²) in [7, 11) is 0. The van der Waals surface area contributed by atoms with Gasteiger partial charge < -0.3 is 31.1 Å².